The zero-order valence-electron chi connectivity index (χ0n) is 30.2. The van der Waals surface area contributed by atoms with E-state index in [4.69, 9.17) is 30.5 Å². The first kappa shape index (κ1) is 36.8. The van der Waals surface area contributed by atoms with Crippen molar-refractivity contribution in [1.29, 1.82) is 0 Å². The van der Waals surface area contributed by atoms with Crippen LogP contribution in [0.15, 0.2) is 115 Å². The Morgan fingerprint density at radius 1 is 0.471 bits per heavy atom. The molecule has 0 saturated heterocycles. The molecule has 5 aromatic rings. The van der Waals surface area contributed by atoms with Gasteiger partial charge in [0.05, 0.1) is 25.3 Å². The predicted molar refractivity (Wildman–Crippen MR) is 204 cm³/mol. The van der Waals surface area contributed by atoms with Gasteiger partial charge in [-0.1, -0.05) is 11.6 Å². The van der Waals surface area contributed by atoms with E-state index in [1.807, 2.05) is 142 Å². The van der Waals surface area contributed by atoms with Crippen LogP contribution in [0.4, 0.5) is 34.1 Å². The molecule has 0 aliphatic carbocycles. The molecule has 0 aromatic heterocycles. The minimum absolute atomic E-state index is 0.400. The Morgan fingerprint density at radius 3 is 1.04 bits per heavy atom. The monoisotopic (exact) mass is 706 g/mol. The van der Waals surface area contributed by atoms with Crippen LogP contribution in [-0.4, -0.2) is 37.4 Å². The molecule has 0 bridgehead atoms. The Balaban J connectivity index is 1.62. The number of esters is 2. The van der Waals surface area contributed by atoms with E-state index in [2.05, 4.69) is 0 Å². The molecule has 0 saturated carbocycles. The van der Waals surface area contributed by atoms with Gasteiger partial charge in [0, 0.05) is 39.1 Å². The molecule has 0 aliphatic heterocycles. The molecule has 8 nitrogen and oxygen atoms in total. The van der Waals surface area contributed by atoms with Crippen LogP contribution in [0, 0.1) is 0 Å². The minimum Gasteiger partial charge on any atom is -0.497 e. The summed E-state index contributed by atoms with van der Waals surface area (Å²) in [4.78, 5) is 29.8. The first-order valence-corrected chi connectivity index (χ1v) is 16.9. The molecular formula is C42H43ClN2O6. The summed E-state index contributed by atoms with van der Waals surface area (Å²) in [6, 6.07) is 35.7. The van der Waals surface area contributed by atoms with Crippen LogP contribution in [0.5, 0.6) is 11.5 Å². The highest BCUT2D eigenvalue weighted by Crippen LogP contribution is 2.43. The van der Waals surface area contributed by atoms with Crippen LogP contribution < -0.4 is 19.3 Å². The van der Waals surface area contributed by atoms with Gasteiger partial charge in [-0.15, -0.1) is 0 Å². The maximum absolute atomic E-state index is 12.8. The highest BCUT2D eigenvalue weighted by molar-refractivity contribution is 6.31. The fourth-order valence-corrected chi connectivity index (χ4v) is 5.57. The van der Waals surface area contributed by atoms with Gasteiger partial charge in [0.1, 0.15) is 22.7 Å². The Kier molecular flexibility index (Phi) is 11.0. The normalized spacial score (nSPS) is 11.4. The summed E-state index contributed by atoms with van der Waals surface area (Å²) in [5, 5.41) is 0.496. The lowest BCUT2D eigenvalue weighted by molar-refractivity contribution is 0.00570. The van der Waals surface area contributed by atoms with E-state index < -0.39 is 23.1 Å². The van der Waals surface area contributed by atoms with Gasteiger partial charge in [0.25, 0.3) is 0 Å². The first-order valence-electron chi connectivity index (χ1n) is 16.5. The molecule has 0 fully saturated rings. The molecule has 0 heterocycles. The molecule has 9 heteroatoms. The van der Waals surface area contributed by atoms with Gasteiger partial charge in [0.15, 0.2) is 0 Å². The van der Waals surface area contributed by atoms with Gasteiger partial charge >= 0.3 is 11.9 Å². The summed E-state index contributed by atoms with van der Waals surface area (Å²) in [7, 11) is 3.25. The molecule has 5 rings (SSSR count). The third-order valence-corrected chi connectivity index (χ3v) is 7.78. The number of anilines is 6. The summed E-state index contributed by atoms with van der Waals surface area (Å²) in [6.45, 7) is 11.0. The van der Waals surface area contributed by atoms with E-state index in [9.17, 15) is 9.59 Å². The van der Waals surface area contributed by atoms with Crippen molar-refractivity contribution in [2.45, 2.75) is 52.7 Å². The van der Waals surface area contributed by atoms with Gasteiger partial charge in [0.2, 0.25) is 0 Å². The van der Waals surface area contributed by atoms with Crippen molar-refractivity contribution in [2.75, 3.05) is 24.0 Å². The number of carbonyl (C=O) groups is 2. The van der Waals surface area contributed by atoms with Gasteiger partial charge in [-0.2, -0.15) is 0 Å². The van der Waals surface area contributed by atoms with E-state index in [-0.39, 0.29) is 0 Å². The van der Waals surface area contributed by atoms with E-state index in [1.165, 1.54) is 0 Å². The molecular weight excluding hydrogens is 664 g/mol. The van der Waals surface area contributed by atoms with Gasteiger partial charge < -0.3 is 28.7 Å². The fraction of sp³-hybridized carbons (Fsp3) is 0.238. The maximum atomic E-state index is 12.8. The van der Waals surface area contributed by atoms with Crippen LogP contribution in [0.3, 0.4) is 0 Å². The van der Waals surface area contributed by atoms with Gasteiger partial charge in [-0.3, -0.25) is 0 Å². The Bertz CT molecular complexity index is 1820. The van der Waals surface area contributed by atoms with Crippen molar-refractivity contribution in [1.82, 2.24) is 0 Å². The first-order chi connectivity index (χ1) is 24.1. The number of methoxy groups -OCH3 is 2. The zero-order valence-corrected chi connectivity index (χ0v) is 30.9. The number of hydrogen-bond donors (Lipinski definition) is 0. The van der Waals surface area contributed by atoms with Gasteiger partial charge in [-0.25, -0.2) is 9.59 Å². The van der Waals surface area contributed by atoms with Crippen LogP contribution >= 0.6 is 11.6 Å². The molecule has 0 amide bonds. The average molecular weight is 707 g/mol. The maximum Gasteiger partial charge on any atom is 0.338 e. The second kappa shape index (κ2) is 15.2. The van der Waals surface area contributed by atoms with Crippen molar-refractivity contribution in [3.63, 3.8) is 0 Å². The standard InChI is InChI=1S/C42H43ClN2O6/c1-41(2,3)50-39(46)28-9-13-31(14-10-28)44(33-17-21-37(48-7)22-18-33)35-25-30(43)26-36(27-35)45(34-19-23-38(49-8)24-20-34)32-15-11-29(12-16-32)40(47)51-42(4,5)6/h9-27H,1-8H3. The molecule has 5 aromatic carbocycles. The largest absolute Gasteiger partial charge is 0.497 e. The van der Waals surface area contributed by atoms with E-state index in [0.29, 0.717) is 27.6 Å². The average Bonchev–Trinajstić information content (AvgIpc) is 3.08. The summed E-state index contributed by atoms with van der Waals surface area (Å²) in [5.74, 6) is 0.628. The highest BCUT2D eigenvalue weighted by Gasteiger charge is 2.22. The number of benzene rings is 5. The van der Waals surface area contributed by atoms with Crippen LogP contribution in [0.25, 0.3) is 0 Å². The smallest absolute Gasteiger partial charge is 0.338 e. The Hall–Kier alpha value is -5.47. The third-order valence-electron chi connectivity index (χ3n) is 7.57. The summed E-state index contributed by atoms with van der Waals surface area (Å²) >= 11 is 6.92. The summed E-state index contributed by atoms with van der Waals surface area (Å²) in [5.41, 5.74) is 4.43. The van der Waals surface area contributed by atoms with Gasteiger partial charge in [-0.05, 0) is 157 Å². The lowest BCUT2D eigenvalue weighted by atomic mass is 10.1. The van der Waals surface area contributed by atoms with Crippen LogP contribution in [-0.2, 0) is 9.47 Å². The minimum atomic E-state index is -0.617. The number of hydrogen-bond acceptors (Lipinski definition) is 8. The number of rotatable bonds is 10. The lowest BCUT2D eigenvalue weighted by Gasteiger charge is -2.30. The molecule has 0 atom stereocenters. The third kappa shape index (κ3) is 9.41. The van der Waals surface area contributed by atoms with Crippen molar-refractivity contribution < 1.29 is 28.5 Å². The molecule has 0 aliphatic rings. The van der Waals surface area contributed by atoms with Crippen molar-refractivity contribution in [3.8, 4) is 11.5 Å². The molecule has 0 spiro atoms. The van der Waals surface area contributed by atoms with Crippen molar-refractivity contribution >= 4 is 57.7 Å². The van der Waals surface area contributed by atoms with Crippen molar-refractivity contribution in [2.24, 2.45) is 0 Å². The summed E-state index contributed by atoms with van der Waals surface area (Å²) in [6.07, 6.45) is 0. The van der Waals surface area contributed by atoms with Crippen LogP contribution in [0.1, 0.15) is 62.3 Å². The SMILES string of the molecule is COc1ccc(N(c2ccc(C(=O)OC(C)(C)C)cc2)c2cc(Cl)cc(N(c3ccc(OC)cc3)c3ccc(C(=O)OC(C)(C)C)cc3)c2)cc1. The van der Waals surface area contributed by atoms with E-state index >= 15 is 0 Å². The molecule has 51 heavy (non-hydrogen) atoms. The molecule has 0 radical (unpaired) electrons. The number of halogens is 1. The number of carbonyl (C=O) groups excluding carboxylic acids is 2. The molecule has 0 unspecified atom stereocenters. The topological polar surface area (TPSA) is 77.5 Å². The highest BCUT2D eigenvalue weighted by atomic mass is 35.5. The predicted octanol–water partition coefficient (Wildman–Crippen LogP) is 11.2. The van der Waals surface area contributed by atoms with Crippen LogP contribution in [0.2, 0.25) is 5.02 Å². The van der Waals surface area contributed by atoms with E-state index in [1.54, 1.807) is 38.5 Å². The second-order valence-electron chi connectivity index (χ2n) is 13.8. The summed E-state index contributed by atoms with van der Waals surface area (Å²) < 4.78 is 22.1. The molecule has 0 N–H and O–H groups in total. The van der Waals surface area contributed by atoms with E-state index in [0.717, 1.165) is 34.1 Å². The lowest BCUT2D eigenvalue weighted by Crippen LogP contribution is -2.23. The van der Waals surface area contributed by atoms with Crippen molar-refractivity contribution in [3.05, 3.63) is 131 Å². The zero-order chi connectivity index (χ0) is 36.9. The molecule has 264 valence electrons. The number of ether oxygens (including phenoxy) is 4. The second-order valence-corrected chi connectivity index (χ2v) is 14.3. The Labute approximate surface area is 305 Å². The number of nitrogens with zero attached hydrogens (tertiary/aromatic N) is 2. The fourth-order valence-electron chi connectivity index (χ4n) is 5.34. The Morgan fingerprint density at radius 2 is 0.765 bits per heavy atom. The quantitative estimate of drug-likeness (QED) is 0.133.